The number of alkyl carbamates (subject to hydrolysis) is 1. The largest absolute Gasteiger partial charge is 0.444 e. The summed E-state index contributed by atoms with van der Waals surface area (Å²) >= 11 is 5.98. The molecular formula is C15H22ClNO4. The first-order valence-corrected chi connectivity index (χ1v) is 7.07. The minimum absolute atomic E-state index is 0.123. The predicted molar refractivity (Wildman–Crippen MR) is 81.4 cm³/mol. The van der Waals surface area contributed by atoms with Gasteiger partial charge in [-0.05, 0) is 44.9 Å². The lowest BCUT2D eigenvalue weighted by Gasteiger charge is -2.22. The van der Waals surface area contributed by atoms with Crippen LogP contribution in [0, 0.1) is 6.92 Å². The molecule has 1 amide bonds. The van der Waals surface area contributed by atoms with Crippen LogP contribution in [-0.2, 0) is 4.74 Å². The Hall–Kier alpha value is -1.30. The summed E-state index contributed by atoms with van der Waals surface area (Å²) in [5.41, 5.74) is 0.760. The molecule has 118 valence electrons. The number of halogens is 1. The molecule has 6 heteroatoms. The highest BCUT2D eigenvalue weighted by Gasteiger charge is 2.21. The van der Waals surface area contributed by atoms with Gasteiger partial charge in [0, 0.05) is 11.6 Å². The van der Waals surface area contributed by atoms with E-state index in [2.05, 4.69) is 5.32 Å². The summed E-state index contributed by atoms with van der Waals surface area (Å²) < 4.78 is 5.04. The van der Waals surface area contributed by atoms with E-state index in [1.165, 1.54) is 0 Å². The molecule has 0 spiro atoms. The van der Waals surface area contributed by atoms with E-state index in [4.69, 9.17) is 16.3 Å². The molecule has 0 aromatic heterocycles. The van der Waals surface area contributed by atoms with Crippen LogP contribution < -0.4 is 5.32 Å². The molecule has 1 aromatic rings. The van der Waals surface area contributed by atoms with Gasteiger partial charge < -0.3 is 20.3 Å². The number of ether oxygens (including phenoxy) is 1. The Labute approximate surface area is 129 Å². The minimum atomic E-state index is -1.16. The molecule has 1 aromatic carbocycles. The number of aryl methyl sites for hydroxylation is 1. The van der Waals surface area contributed by atoms with Crippen molar-refractivity contribution in [1.82, 2.24) is 5.32 Å². The summed E-state index contributed by atoms with van der Waals surface area (Å²) in [6, 6.07) is 5.04. The summed E-state index contributed by atoms with van der Waals surface area (Å²) in [4.78, 5) is 11.5. The van der Waals surface area contributed by atoms with Crippen molar-refractivity contribution in [1.29, 1.82) is 0 Å². The van der Waals surface area contributed by atoms with Gasteiger partial charge in [-0.2, -0.15) is 0 Å². The van der Waals surface area contributed by atoms with Crippen LogP contribution in [0.5, 0.6) is 0 Å². The standard InChI is InChI=1S/C15H22ClNO4/c1-9-5-6-10(7-11(9)16)13(19)12(18)8-17-14(20)21-15(2,3)4/h5-7,12-13,18-19H,8H2,1-4H3,(H,17,20). The fourth-order valence-corrected chi connectivity index (χ4v) is 1.82. The SMILES string of the molecule is Cc1ccc(C(O)C(O)CNC(=O)OC(C)(C)C)cc1Cl. The van der Waals surface area contributed by atoms with Gasteiger partial charge in [-0.3, -0.25) is 0 Å². The Balaban J connectivity index is 2.56. The molecule has 21 heavy (non-hydrogen) atoms. The lowest BCUT2D eigenvalue weighted by atomic mass is 10.0. The van der Waals surface area contributed by atoms with E-state index in [1.54, 1.807) is 39.0 Å². The van der Waals surface area contributed by atoms with E-state index in [-0.39, 0.29) is 6.54 Å². The van der Waals surface area contributed by atoms with E-state index in [0.29, 0.717) is 10.6 Å². The monoisotopic (exact) mass is 315 g/mol. The van der Waals surface area contributed by atoms with Crippen molar-refractivity contribution in [2.45, 2.75) is 45.5 Å². The number of amides is 1. The molecule has 0 saturated carbocycles. The van der Waals surface area contributed by atoms with E-state index in [0.717, 1.165) is 5.56 Å². The second kappa shape index (κ2) is 7.11. The topological polar surface area (TPSA) is 78.8 Å². The molecule has 0 aliphatic rings. The zero-order chi connectivity index (χ0) is 16.2. The number of aliphatic hydroxyl groups is 2. The second-order valence-corrected chi connectivity index (χ2v) is 6.31. The van der Waals surface area contributed by atoms with Crippen LogP contribution in [0.2, 0.25) is 5.02 Å². The van der Waals surface area contributed by atoms with Gasteiger partial charge in [0.2, 0.25) is 0 Å². The van der Waals surface area contributed by atoms with E-state index in [9.17, 15) is 15.0 Å². The lowest BCUT2D eigenvalue weighted by molar-refractivity contribution is 0.0129. The van der Waals surface area contributed by atoms with Crippen LogP contribution in [0.15, 0.2) is 18.2 Å². The summed E-state index contributed by atoms with van der Waals surface area (Å²) in [7, 11) is 0. The van der Waals surface area contributed by atoms with Crippen molar-refractivity contribution in [3.63, 3.8) is 0 Å². The fraction of sp³-hybridized carbons (Fsp3) is 0.533. The van der Waals surface area contributed by atoms with Crippen molar-refractivity contribution in [2.75, 3.05) is 6.54 Å². The smallest absolute Gasteiger partial charge is 0.407 e. The van der Waals surface area contributed by atoms with Crippen LogP contribution in [0.1, 0.15) is 38.0 Å². The summed E-state index contributed by atoms with van der Waals surface area (Å²) in [6.07, 6.45) is -2.94. The summed E-state index contributed by atoms with van der Waals surface area (Å²) in [6.45, 7) is 6.95. The van der Waals surface area contributed by atoms with Gasteiger partial charge in [-0.15, -0.1) is 0 Å². The fourth-order valence-electron chi connectivity index (χ4n) is 1.63. The zero-order valence-electron chi connectivity index (χ0n) is 12.7. The Morgan fingerprint density at radius 3 is 2.52 bits per heavy atom. The number of carbonyl (C=O) groups excluding carboxylic acids is 1. The number of aliphatic hydroxyl groups excluding tert-OH is 2. The van der Waals surface area contributed by atoms with Gasteiger partial charge in [0.25, 0.3) is 0 Å². The molecule has 0 bridgehead atoms. The molecule has 2 unspecified atom stereocenters. The molecule has 3 N–H and O–H groups in total. The average molecular weight is 316 g/mol. The van der Waals surface area contributed by atoms with Gasteiger partial charge in [0.1, 0.15) is 17.8 Å². The normalized spacial score (nSPS) is 14.4. The Kier molecular flexibility index (Phi) is 6.01. The number of nitrogens with one attached hydrogen (secondary N) is 1. The molecule has 0 heterocycles. The maximum Gasteiger partial charge on any atom is 0.407 e. The van der Waals surface area contributed by atoms with E-state index in [1.807, 2.05) is 6.92 Å². The third kappa shape index (κ3) is 5.91. The first-order valence-electron chi connectivity index (χ1n) is 6.69. The quantitative estimate of drug-likeness (QED) is 0.798. The van der Waals surface area contributed by atoms with Crippen LogP contribution in [0.3, 0.4) is 0 Å². The van der Waals surface area contributed by atoms with Crippen molar-refractivity contribution < 1.29 is 19.7 Å². The molecule has 0 aliphatic heterocycles. The maximum atomic E-state index is 11.5. The highest BCUT2D eigenvalue weighted by Crippen LogP contribution is 2.23. The molecule has 0 fully saturated rings. The zero-order valence-corrected chi connectivity index (χ0v) is 13.4. The molecule has 1 rings (SSSR count). The number of rotatable bonds is 4. The molecule has 0 aliphatic carbocycles. The third-order valence-electron chi connectivity index (χ3n) is 2.76. The Bertz CT molecular complexity index is 499. The van der Waals surface area contributed by atoms with Crippen LogP contribution in [0.25, 0.3) is 0 Å². The van der Waals surface area contributed by atoms with Crippen LogP contribution in [0.4, 0.5) is 4.79 Å². The minimum Gasteiger partial charge on any atom is -0.444 e. The Morgan fingerprint density at radius 2 is 2.00 bits per heavy atom. The second-order valence-electron chi connectivity index (χ2n) is 5.90. The third-order valence-corrected chi connectivity index (χ3v) is 3.16. The van der Waals surface area contributed by atoms with Crippen LogP contribution in [-0.4, -0.2) is 34.6 Å². The molecule has 0 saturated heterocycles. The molecule has 5 nitrogen and oxygen atoms in total. The highest BCUT2D eigenvalue weighted by atomic mass is 35.5. The maximum absolute atomic E-state index is 11.5. The predicted octanol–water partition coefficient (Wildman–Crippen LogP) is 2.57. The Morgan fingerprint density at radius 1 is 1.38 bits per heavy atom. The van der Waals surface area contributed by atoms with Gasteiger partial charge in [0.15, 0.2) is 0 Å². The van der Waals surface area contributed by atoms with E-state index >= 15 is 0 Å². The molecular weight excluding hydrogens is 294 g/mol. The van der Waals surface area contributed by atoms with Gasteiger partial charge in [-0.25, -0.2) is 4.79 Å². The van der Waals surface area contributed by atoms with E-state index < -0.39 is 23.9 Å². The molecule has 0 radical (unpaired) electrons. The van der Waals surface area contributed by atoms with Crippen LogP contribution >= 0.6 is 11.6 Å². The summed E-state index contributed by atoms with van der Waals surface area (Å²) in [5.74, 6) is 0. The number of hydrogen-bond donors (Lipinski definition) is 3. The average Bonchev–Trinajstić information content (AvgIpc) is 2.36. The van der Waals surface area contributed by atoms with Crippen molar-refractivity contribution in [3.8, 4) is 0 Å². The lowest BCUT2D eigenvalue weighted by Crippen LogP contribution is -2.38. The van der Waals surface area contributed by atoms with Gasteiger partial charge in [0.05, 0.1) is 0 Å². The van der Waals surface area contributed by atoms with Crippen molar-refractivity contribution >= 4 is 17.7 Å². The first kappa shape index (κ1) is 17.8. The van der Waals surface area contributed by atoms with Crippen molar-refractivity contribution in [2.24, 2.45) is 0 Å². The number of hydrogen-bond acceptors (Lipinski definition) is 4. The number of carbonyl (C=O) groups is 1. The van der Waals surface area contributed by atoms with Gasteiger partial charge in [-0.1, -0.05) is 23.7 Å². The number of benzene rings is 1. The summed E-state index contributed by atoms with van der Waals surface area (Å²) in [5, 5.41) is 22.9. The molecule has 2 atom stereocenters. The van der Waals surface area contributed by atoms with Gasteiger partial charge >= 0.3 is 6.09 Å². The van der Waals surface area contributed by atoms with Crippen molar-refractivity contribution in [3.05, 3.63) is 34.3 Å². The highest BCUT2D eigenvalue weighted by molar-refractivity contribution is 6.31. The first-order chi connectivity index (χ1) is 9.60.